The van der Waals surface area contributed by atoms with Crippen molar-refractivity contribution in [2.75, 3.05) is 11.9 Å². The highest BCUT2D eigenvalue weighted by Gasteiger charge is 2.20. The topological polar surface area (TPSA) is 163 Å². The van der Waals surface area contributed by atoms with Crippen LogP contribution in [0.1, 0.15) is 28.2 Å². The van der Waals surface area contributed by atoms with Crippen molar-refractivity contribution in [3.8, 4) is 0 Å². The van der Waals surface area contributed by atoms with Crippen LogP contribution in [0.5, 0.6) is 0 Å². The first-order valence-electron chi connectivity index (χ1n) is 11.1. The average molecular weight is 488 g/mol. The monoisotopic (exact) mass is 487 g/mol. The van der Waals surface area contributed by atoms with Crippen LogP contribution in [0.3, 0.4) is 0 Å². The number of hydrogen-bond acceptors (Lipinski definition) is 6. The molecule has 10 heteroatoms. The maximum absolute atomic E-state index is 13.3. The van der Waals surface area contributed by atoms with Crippen molar-refractivity contribution in [3.63, 3.8) is 0 Å². The number of carboxylic acid groups (broad SMARTS) is 1. The summed E-state index contributed by atoms with van der Waals surface area (Å²) in [4.78, 5) is 30.4. The molecule has 2 aromatic carbocycles. The number of amides is 1. The molecule has 1 heterocycles. The minimum atomic E-state index is -1.01. The number of nitrogen functional groups attached to an aromatic ring is 1. The van der Waals surface area contributed by atoms with E-state index in [9.17, 15) is 9.59 Å². The molecule has 0 bridgehead atoms. The third kappa shape index (κ3) is 6.17. The smallest absolute Gasteiger partial charge is 0.305 e. The molecule has 7 N–H and O–H groups in total. The maximum atomic E-state index is 13.3. The lowest BCUT2D eigenvalue weighted by atomic mass is 10.1. The number of carbonyl (C=O) groups is 2. The summed E-state index contributed by atoms with van der Waals surface area (Å²) >= 11 is 0. The van der Waals surface area contributed by atoms with Gasteiger partial charge in [0, 0.05) is 36.1 Å². The average Bonchev–Trinajstić information content (AvgIpc) is 3.17. The van der Waals surface area contributed by atoms with Gasteiger partial charge in [-0.3, -0.25) is 15.0 Å². The summed E-state index contributed by atoms with van der Waals surface area (Å²) in [6.45, 7) is 4.32. The second-order valence-corrected chi connectivity index (χ2v) is 7.97. The van der Waals surface area contributed by atoms with Gasteiger partial charge in [-0.15, -0.1) is 0 Å². The molecule has 3 rings (SSSR count). The van der Waals surface area contributed by atoms with E-state index in [1.54, 1.807) is 42.5 Å². The van der Waals surface area contributed by atoms with E-state index in [0.717, 1.165) is 17.0 Å². The number of nitrogens with one attached hydrogen (secondary N) is 2. The van der Waals surface area contributed by atoms with Crippen molar-refractivity contribution in [1.82, 2.24) is 14.5 Å². The molecule has 0 saturated heterocycles. The first-order valence-corrected chi connectivity index (χ1v) is 11.1. The maximum Gasteiger partial charge on any atom is 0.305 e. The summed E-state index contributed by atoms with van der Waals surface area (Å²) < 4.78 is 1.93. The molecule has 3 aromatic rings. The molecule has 0 aliphatic heterocycles. The van der Waals surface area contributed by atoms with Gasteiger partial charge in [0.25, 0.3) is 5.91 Å². The van der Waals surface area contributed by atoms with Crippen LogP contribution in [0.2, 0.25) is 0 Å². The number of aromatic nitrogens is 2. The molecule has 0 aliphatic rings. The van der Waals surface area contributed by atoms with E-state index in [1.807, 2.05) is 29.8 Å². The minimum Gasteiger partial charge on any atom is -0.481 e. The Morgan fingerprint density at radius 3 is 2.53 bits per heavy atom. The lowest BCUT2D eigenvalue weighted by Crippen LogP contribution is -2.31. The molecule has 186 valence electrons. The molecule has 0 aliphatic carbocycles. The van der Waals surface area contributed by atoms with Gasteiger partial charge in [-0.05, 0) is 60.8 Å². The molecule has 10 nitrogen and oxygen atoms in total. The molecular formula is C26H29N7O3. The Morgan fingerprint density at radius 1 is 1.19 bits per heavy atom. The number of carboxylic acids is 1. The van der Waals surface area contributed by atoms with E-state index in [-0.39, 0.29) is 24.7 Å². The van der Waals surface area contributed by atoms with E-state index in [0.29, 0.717) is 28.9 Å². The number of aryl methyl sites for hydroxylation is 1. The van der Waals surface area contributed by atoms with Crippen molar-refractivity contribution in [3.05, 3.63) is 96.1 Å². The van der Waals surface area contributed by atoms with Gasteiger partial charge in [0.15, 0.2) is 0 Å². The standard InChI is InChI=1S/C26H29N7O3/c1-17(5-3-4-13-27)33(14-12-24(34)35)26(36)19-8-11-22-21(15-19)31-23(32(22)2)16-30-20-9-6-18(7-10-20)25(28)29/h3-11,13,15,30H,1,12,14,16,27H2,2H3,(H3,28,29)(H,34,35)/b5-3-,13-4-. The number of carbonyl (C=O) groups excluding carboxylic acids is 1. The molecule has 1 amide bonds. The van der Waals surface area contributed by atoms with E-state index in [2.05, 4.69) is 16.9 Å². The van der Waals surface area contributed by atoms with Crippen LogP contribution in [0.25, 0.3) is 11.0 Å². The van der Waals surface area contributed by atoms with Crippen molar-refractivity contribution in [2.24, 2.45) is 18.5 Å². The summed E-state index contributed by atoms with van der Waals surface area (Å²) in [7, 11) is 1.89. The second-order valence-electron chi connectivity index (χ2n) is 7.97. The van der Waals surface area contributed by atoms with Gasteiger partial charge in [-0.1, -0.05) is 12.7 Å². The van der Waals surface area contributed by atoms with E-state index < -0.39 is 5.97 Å². The fraction of sp³-hybridized carbons (Fsp3) is 0.154. The van der Waals surface area contributed by atoms with Gasteiger partial charge in [0.2, 0.25) is 0 Å². The van der Waals surface area contributed by atoms with Crippen molar-refractivity contribution in [2.45, 2.75) is 13.0 Å². The molecule has 0 saturated carbocycles. The predicted octanol–water partition coefficient (Wildman–Crippen LogP) is 2.93. The summed E-state index contributed by atoms with van der Waals surface area (Å²) in [5.41, 5.74) is 14.5. The summed E-state index contributed by atoms with van der Waals surface area (Å²) in [5.74, 6) is -0.621. The highest BCUT2D eigenvalue weighted by Crippen LogP contribution is 2.21. The number of anilines is 1. The predicted molar refractivity (Wildman–Crippen MR) is 140 cm³/mol. The Hall–Kier alpha value is -4.86. The second kappa shape index (κ2) is 11.5. The zero-order valence-electron chi connectivity index (χ0n) is 19.9. The van der Waals surface area contributed by atoms with Gasteiger partial charge < -0.3 is 31.4 Å². The third-order valence-electron chi connectivity index (χ3n) is 5.52. The molecule has 0 atom stereocenters. The summed E-state index contributed by atoms with van der Waals surface area (Å²) in [5, 5.41) is 19.9. The number of hydrogen-bond donors (Lipinski definition) is 5. The highest BCUT2D eigenvalue weighted by molar-refractivity contribution is 5.98. The zero-order chi connectivity index (χ0) is 26.2. The quantitative estimate of drug-likeness (QED) is 0.158. The summed E-state index contributed by atoms with van der Waals surface area (Å²) in [6, 6.07) is 12.4. The Balaban J connectivity index is 1.82. The number of aliphatic carboxylic acids is 1. The van der Waals surface area contributed by atoms with Crippen LogP contribution in [0, 0.1) is 5.41 Å². The Kier molecular flexibility index (Phi) is 8.24. The largest absolute Gasteiger partial charge is 0.481 e. The molecule has 0 fully saturated rings. The Bertz CT molecular complexity index is 1350. The van der Waals surface area contributed by atoms with Gasteiger partial charge in [-0.2, -0.15) is 0 Å². The summed E-state index contributed by atoms with van der Waals surface area (Å²) in [6.07, 6.45) is 5.92. The van der Waals surface area contributed by atoms with Gasteiger partial charge >= 0.3 is 5.97 Å². The van der Waals surface area contributed by atoms with Crippen LogP contribution in [-0.2, 0) is 18.4 Å². The molecule has 1 aromatic heterocycles. The van der Waals surface area contributed by atoms with Crippen LogP contribution < -0.4 is 16.8 Å². The van der Waals surface area contributed by atoms with E-state index in [4.69, 9.17) is 22.0 Å². The van der Waals surface area contributed by atoms with Crippen LogP contribution in [0.4, 0.5) is 5.69 Å². The van der Waals surface area contributed by atoms with E-state index >= 15 is 0 Å². The van der Waals surface area contributed by atoms with Crippen LogP contribution >= 0.6 is 0 Å². The van der Waals surface area contributed by atoms with Crippen molar-refractivity contribution in [1.29, 1.82) is 5.41 Å². The fourth-order valence-corrected chi connectivity index (χ4v) is 3.55. The van der Waals surface area contributed by atoms with E-state index in [1.165, 1.54) is 11.1 Å². The zero-order valence-corrected chi connectivity index (χ0v) is 19.9. The third-order valence-corrected chi connectivity index (χ3v) is 5.52. The molecular weight excluding hydrogens is 458 g/mol. The number of amidine groups is 1. The first kappa shape index (κ1) is 25.8. The van der Waals surface area contributed by atoms with Gasteiger partial charge in [0.1, 0.15) is 11.7 Å². The molecule has 0 unspecified atom stereocenters. The van der Waals surface area contributed by atoms with Crippen molar-refractivity contribution < 1.29 is 14.7 Å². The number of benzene rings is 2. The number of imidazole rings is 1. The minimum absolute atomic E-state index is 0.00997. The molecule has 0 radical (unpaired) electrons. The van der Waals surface area contributed by atoms with Gasteiger partial charge in [0.05, 0.1) is 24.0 Å². The van der Waals surface area contributed by atoms with Gasteiger partial charge in [-0.25, -0.2) is 4.98 Å². The molecule has 36 heavy (non-hydrogen) atoms. The number of rotatable bonds is 11. The number of fused-ring (bicyclic) bond motifs is 1. The lowest BCUT2D eigenvalue weighted by molar-refractivity contribution is -0.137. The number of allylic oxidation sites excluding steroid dienone is 3. The SMILES string of the molecule is C=C(/C=C\C=C/N)N(CCC(=O)O)C(=O)c1ccc2c(c1)nc(CNc1ccc(C(=N)N)cc1)n2C. The Morgan fingerprint density at radius 2 is 1.89 bits per heavy atom. The van der Waals surface area contributed by atoms with Crippen LogP contribution in [-0.4, -0.2) is 43.8 Å². The fourth-order valence-electron chi connectivity index (χ4n) is 3.55. The first-order chi connectivity index (χ1) is 17.2. The molecule has 0 spiro atoms. The Labute approximate surface area is 208 Å². The lowest BCUT2D eigenvalue weighted by Gasteiger charge is -2.22. The normalized spacial score (nSPS) is 11.2. The van der Waals surface area contributed by atoms with Crippen LogP contribution in [0.15, 0.2) is 79.2 Å². The van der Waals surface area contributed by atoms with Crippen molar-refractivity contribution >= 4 is 34.4 Å². The highest BCUT2D eigenvalue weighted by atomic mass is 16.4. The number of nitrogens with two attached hydrogens (primary N) is 2. The number of nitrogens with zero attached hydrogens (tertiary/aromatic N) is 3.